The predicted octanol–water partition coefficient (Wildman–Crippen LogP) is 1.59. The number of hydrogen-bond acceptors (Lipinski definition) is 5. The molecule has 1 aliphatic rings. The van der Waals surface area contributed by atoms with Crippen molar-refractivity contribution >= 4 is 11.6 Å². The van der Waals surface area contributed by atoms with Gasteiger partial charge in [0.05, 0.1) is 6.61 Å². The molecule has 2 aromatic rings. The van der Waals surface area contributed by atoms with Gasteiger partial charge < -0.3 is 20.1 Å². The van der Waals surface area contributed by atoms with E-state index >= 15 is 0 Å². The molecule has 1 atom stereocenters. The highest BCUT2D eigenvalue weighted by Gasteiger charge is 2.21. The summed E-state index contributed by atoms with van der Waals surface area (Å²) in [5.74, 6) is 0.538. The van der Waals surface area contributed by atoms with Crippen molar-refractivity contribution in [2.75, 3.05) is 25.0 Å². The van der Waals surface area contributed by atoms with Gasteiger partial charge in [-0.25, -0.2) is 0 Å². The van der Waals surface area contributed by atoms with Crippen LogP contribution in [0.25, 0.3) is 0 Å². The Morgan fingerprint density at radius 2 is 2.35 bits per heavy atom. The Labute approximate surface area is 134 Å². The molecule has 0 spiro atoms. The van der Waals surface area contributed by atoms with Crippen LogP contribution < -0.4 is 15.4 Å². The van der Waals surface area contributed by atoms with E-state index in [0.29, 0.717) is 31.2 Å². The molecule has 0 aliphatic carbocycles. The van der Waals surface area contributed by atoms with Crippen molar-refractivity contribution in [1.82, 2.24) is 10.3 Å². The normalized spacial score (nSPS) is 17.5. The summed E-state index contributed by atoms with van der Waals surface area (Å²) in [6.45, 7) is 2.29. The van der Waals surface area contributed by atoms with Gasteiger partial charge in [-0.1, -0.05) is 12.1 Å². The van der Waals surface area contributed by atoms with E-state index < -0.39 is 6.10 Å². The standard InChI is InChI=1S/C17H19N3O3/c21-17(16-11-19-7-8-22-16)20-14-4-1-5-15(9-14)23-12-13-3-2-6-18-10-13/h1-6,9-10,16,19H,7-8,11-12H2,(H,20,21). The average Bonchev–Trinajstić information content (AvgIpc) is 2.62. The first-order valence-electron chi connectivity index (χ1n) is 7.56. The maximum absolute atomic E-state index is 12.1. The molecule has 3 rings (SSSR count). The van der Waals surface area contributed by atoms with Gasteiger partial charge in [-0.15, -0.1) is 0 Å². The smallest absolute Gasteiger partial charge is 0.254 e. The van der Waals surface area contributed by atoms with Crippen molar-refractivity contribution < 1.29 is 14.3 Å². The van der Waals surface area contributed by atoms with Gasteiger partial charge in [0.1, 0.15) is 18.5 Å². The monoisotopic (exact) mass is 313 g/mol. The van der Waals surface area contributed by atoms with Crippen LogP contribution in [-0.2, 0) is 16.1 Å². The van der Waals surface area contributed by atoms with E-state index in [1.165, 1.54) is 0 Å². The number of hydrogen-bond donors (Lipinski definition) is 2. The summed E-state index contributed by atoms with van der Waals surface area (Å²) in [6.07, 6.45) is 3.03. The van der Waals surface area contributed by atoms with Crippen LogP contribution >= 0.6 is 0 Å². The molecule has 1 aromatic carbocycles. The summed E-state index contributed by atoms with van der Waals surface area (Å²) in [5.41, 5.74) is 1.68. The van der Waals surface area contributed by atoms with Crippen molar-refractivity contribution in [3.8, 4) is 5.75 Å². The van der Waals surface area contributed by atoms with E-state index in [1.54, 1.807) is 18.5 Å². The van der Waals surface area contributed by atoms with E-state index in [2.05, 4.69) is 15.6 Å². The molecule has 0 radical (unpaired) electrons. The first-order chi connectivity index (χ1) is 11.3. The Hall–Kier alpha value is -2.44. The van der Waals surface area contributed by atoms with Crippen molar-refractivity contribution in [1.29, 1.82) is 0 Å². The lowest BCUT2D eigenvalue weighted by atomic mass is 10.2. The first-order valence-corrected chi connectivity index (χ1v) is 7.56. The second kappa shape index (κ2) is 7.71. The lowest BCUT2D eigenvalue weighted by Gasteiger charge is -2.22. The van der Waals surface area contributed by atoms with Crippen molar-refractivity contribution in [3.63, 3.8) is 0 Å². The number of nitrogens with zero attached hydrogens (tertiary/aromatic N) is 1. The maximum atomic E-state index is 12.1. The predicted molar refractivity (Wildman–Crippen MR) is 86.3 cm³/mol. The number of carbonyl (C=O) groups excluding carboxylic acids is 1. The number of ether oxygens (including phenoxy) is 2. The van der Waals surface area contributed by atoms with Crippen molar-refractivity contribution in [2.45, 2.75) is 12.7 Å². The van der Waals surface area contributed by atoms with Crippen LogP contribution in [0.2, 0.25) is 0 Å². The summed E-state index contributed by atoms with van der Waals surface area (Å²) in [4.78, 5) is 16.2. The van der Waals surface area contributed by atoms with Crippen LogP contribution in [0.15, 0.2) is 48.8 Å². The van der Waals surface area contributed by atoms with Crippen LogP contribution in [-0.4, -0.2) is 36.7 Å². The Bertz CT molecular complexity index is 643. The molecule has 1 aliphatic heterocycles. The number of rotatable bonds is 5. The number of benzene rings is 1. The van der Waals surface area contributed by atoms with E-state index in [4.69, 9.17) is 9.47 Å². The average molecular weight is 313 g/mol. The Morgan fingerprint density at radius 1 is 1.39 bits per heavy atom. The Morgan fingerprint density at radius 3 is 3.13 bits per heavy atom. The zero-order valence-electron chi connectivity index (χ0n) is 12.7. The number of nitrogens with one attached hydrogen (secondary N) is 2. The third-order valence-electron chi connectivity index (χ3n) is 3.45. The van der Waals surface area contributed by atoms with Crippen molar-refractivity contribution in [3.05, 3.63) is 54.4 Å². The van der Waals surface area contributed by atoms with Crippen LogP contribution in [0.3, 0.4) is 0 Å². The Kier molecular flexibility index (Phi) is 5.18. The van der Waals surface area contributed by atoms with Crippen molar-refractivity contribution in [2.24, 2.45) is 0 Å². The molecule has 1 aromatic heterocycles. The zero-order chi connectivity index (χ0) is 15.9. The number of pyridine rings is 1. The molecule has 0 saturated carbocycles. The van der Waals surface area contributed by atoms with Crippen LogP contribution in [0.5, 0.6) is 5.75 Å². The molecule has 1 fully saturated rings. The molecule has 120 valence electrons. The molecule has 23 heavy (non-hydrogen) atoms. The summed E-state index contributed by atoms with van der Waals surface area (Å²) >= 11 is 0. The summed E-state index contributed by atoms with van der Waals surface area (Å²) in [6, 6.07) is 11.1. The van der Waals surface area contributed by atoms with Crippen LogP contribution in [0.4, 0.5) is 5.69 Å². The second-order valence-corrected chi connectivity index (χ2v) is 5.23. The molecule has 0 bridgehead atoms. The molecule has 2 heterocycles. The molecular weight excluding hydrogens is 294 g/mol. The fourth-order valence-corrected chi connectivity index (χ4v) is 2.27. The van der Waals surface area contributed by atoms with Gasteiger partial charge in [-0.3, -0.25) is 9.78 Å². The van der Waals surface area contributed by atoms with Gasteiger partial charge in [0.25, 0.3) is 5.91 Å². The van der Waals surface area contributed by atoms with E-state index in [9.17, 15) is 4.79 Å². The van der Waals surface area contributed by atoms with Gasteiger partial charge in [0.15, 0.2) is 0 Å². The highest BCUT2D eigenvalue weighted by atomic mass is 16.5. The molecule has 1 unspecified atom stereocenters. The first kappa shape index (κ1) is 15.5. The Balaban J connectivity index is 1.57. The molecule has 2 N–H and O–H groups in total. The molecule has 6 nitrogen and oxygen atoms in total. The highest BCUT2D eigenvalue weighted by molar-refractivity contribution is 5.94. The lowest BCUT2D eigenvalue weighted by molar-refractivity contribution is -0.128. The summed E-state index contributed by atoms with van der Waals surface area (Å²) in [5, 5.41) is 5.99. The molecule has 1 amide bonds. The van der Waals surface area contributed by atoms with Crippen LogP contribution in [0, 0.1) is 0 Å². The summed E-state index contributed by atoms with van der Waals surface area (Å²) < 4.78 is 11.2. The number of aromatic nitrogens is 1. The van der Waals surface area contributed by atoms with E-state index in [-0.39, 0.29) is 5.91 Å². The number of amides is 1. The van der Waals surface area contributed by atoms with Crippen LogP contribution in [0.1, 0.15) is 5.56 Å². The number of carbonyl (C=O) groups is 1. The molecular formula is C17H19N3O3. The minimum absolute atomic E-state index is 0.151. The SMILES string of the molecule is O=C(Nc1cccc(OCc2cccnc2)c1)C1CNCCO1. The van der Waals surface area contributed by atoms with Gasteiger partial charge in [-0.05, 0) is 18.2 Å². The molecule has 1 saturated heterocycles. The lowest BCUT2D eigenvalue weighted by Crippen LogP contribution is -2.45. The quantitative estimate of drug-likeness (QED) is 0.877. The van der Waals surface area contributed by atoms with Gasteiger partial charge in [0, 0.05) is 42.8 Å². The minimum atomic E-state index is -0.455. The zero-order valence-corrected chi connectivity index (χ0v) is 12.7. The largest absolute Gasteiger partial charge is 0.489 e. The topological polar surface area (TPSA) is 72.5 Å². The number of anilines is 1. The summed E-state index contributed by atoms with van der Waals surface area (Å²) in [7, 11) is 0. The highest BCUT2D eigenvalue weighted by Crippen LogP contribution is 2.19. The minimum Gasteiger partial charge on any atom is -0.489 e. The molecule has 6 heteroatoms. The number of morpholine rings is 1. The fourth-order valence-electron chi connectivity index (χ4n) is 2.27. The van der Waals surface area contributed by atoms with E-state index in [1.807, 2.05) is 30.3 Å². The van der Waals surface area contributed by atoms with Gasteiger partial charge in [0.2, 0.25) is 0 Å². The van der Waals surface area contributed by atoms with E-state index in [0.717, 1.165) is 12.1 Å². The fraction of sp³-hybridized carbons (Fsp3) is 0.294. The van der Waals surface area contributed by atoms with Gasteiger partial charge >= 0.3 is 0 Å². The maximum Gasteiger partial charge on any atom is 0.254 e. The van der Waals surface area contributed by atoms with Gasteiger partial charge in [-0.2, -0.15) is 0 Å². The third kappa shape index (κ3) is 4.51. The third-order valence-corrected chi connectivity index (χ3v) is 3.45. The second-order valence-electron chi connectivity index (χ2n) is 5.23.